The maximum absolute atomic E-state index is 12.3. The summed E-state index contributed by atoms with van der Waals surface area (Å²) in [5, 5.41) is 9.51. The van der Waals surface area contributed by atoms with Crippen LogP contribution in [0.25, 0.3) is 0 Å². The number of aryl methyl sites for hydroxylation is 1. The molecule has 1 aliphatic heterocycles. The van der Waals surface area contributed by atoms with Crippen molar-refractivity contribution in [1.29, 1.82) is 0 Å². The van der Waals surface area contributed by atoms with Crippen molar-refractivity contribution in [3.63, 3.8) is 0 Å². The molecule has 1 aliphatic rings. The van der Waals surface area contributed by atoms with Gasteiger partial charge in [-0.25, -0.2) is 0 Å². The van der Waals surface area contributed by atoms with Crippen LogP contribution in [0.5, 0.6) is 0 Å². The fraction of sp³-hybridized carbons (Fsp3) is 0.312. The second-order valence-electron chi connectivity index (χ2n) is 5.53. The van der Waals surface area contributed by atoms with Crippen LogP contribution in [0.3, 0.4) is 0 Å². The first-order chi connectivity index (χ1) is 11.1. The Morgan fingerprint density at radius 1 is 1.39 bits per heavy atom. The zero-order valence-corrected chi connectivity index (χ0v) is 13.8. The van der Waals surface area contributed by atoms with Crippen LogP contribution >= 0.6 is 11.8 Å². The molecule has 23 heavy (non-hydrogen) atoms. The Balaban J connectivity index is 1.67. The van der Waals surface area contributed by atoms with E-state index in [0.717, 1.165) is 16.3 Å². The smallest absolute Gasteiger partial charge is 0.231 e. The third-order valence-corrected chi connectivity index (χ3v) is 4.58. The molecule has 0 spiro atoms. The Morgan fingerprint density at radius 3 is 2.74 bits per heavy atom. The fourth-order valence-electron chi connectivity index (χ4n) is 2.61. The lowest BCUT2D eigenvalue weighted by Crippen LogP contribution is -2.28. The van der Waals surface area contributed by atoms with Crippen molar-refractivity contribution >= 4 is 35.1 Å². The number of hydrogen-bond donors (Lipinski definition) is 2. The van der Waals surface area contributed by atoms with Crippen LogP contribution in [0.1, 0.15) is 12.1 Å². The molecule has 120 valence electrons. The molecule has 6 nitrogen and oxygen atoms in total. The Hall–Kier alpha value is -2.28. The van der Waals surface area contributed by atoms with Crippen LogP contribution in [0.2, 0.25) is 0 Å². The lowest BCUT2D eigenvalue weighted by molar-refractivity contribution is -0.122. The molecule has 0 saturated carbocycles. The first-order valence-electron chi connectivity index (χ1n) is 7.34. The molecule has 1 aromatic heterocycles. The maximum atomic E-state index is 12.3. The summed E-state index contributed by atoms with van der Waals surface area (Å²) in [5.74, 6) is -0.0733. The van der Waals surface area contributed by atoms with E-state index in [4.69, 9.17) is 0 Å². The number of thioether (sulfide) groups is 1. The van der Waals surface area contributed by atoms with Crippen LogP contribution < -0.4 is 10.2 Å². The summed E-state index contributed by atoms with van der Waals surface area (Å²) in [4.78, 5) is 27.3. The molecule has 2 heterocycles. The first-order valence-corrected chi connectivity index (χ1v) is 8.56. The summed E-state index contributed by atoms with van der Waals surface area (Å²) >= 11 is 1.65. The minimum Gasteiger partial charge on any atom is -0.312 e. The topological polar surface area (TPSA) is 78.1 Å². The Kier molecular flexibility index (Phi) is 4.38. The highest BCUT2D eigenvalue weighted by Crippen LogP contribution is 2.27. The van der Waals surface area contributed by atoms with E-state index in [2.05, 4.69) is 15.5 Å². The Morgan fingerprint density at radius 2 is 2.13 bits per heavy atom. The van der Waals surface area contributed by atoms with Crippen molar-refractivity contribution in [1.82, 2.24) is 10.2 Å². The molecule has 3 rings (SSSR count). The van der Waals surface area contributed by atoms with Crippen molar-refractivity contribution < 1.29 is 9.59 Å². The van der Waals surface area contributed by atoms with Gasteiger partial charge in [-0.3, -0.25) is 14.7 Å². The Bertz CT molecular complexity index is 726. The quantitative estimate of drug-likeness (QED) is 0.844. The Labute approximate surface area is 138 Å². The van der Waals surface area contributed by atoms with E-state index in [1.54, 1.807) is 22.7 Å². The molecule has 2 aromatic rings. The number of hydrogen-bond acceptors (Lipinski definition) is 4. The average molecular weight is 330 g/mol. The summed E-state index contributed by atoms with van der Waals surface area (Å²) in [5.41, 5.74) is 1.71. The van der Waals surface area contributed by atoms with E-state index >= 15 is 0 Å². The van der Waals surface area contributed by atoms with Gasteiger partial charge in [0.2, 0.25) is 11.8 Å². The number of aromatic nitrogens is 2. The standard InChI is InChI=1S/C16H18N4O2S/c1-10-7-14(19-18-10)17-16(22)11-8-15(21)20(9-11)12-3-5-13(23-2)6-4-12/h3-7,11H,8-9H2,1-2H3,(H2,17,18,19,22). The highest BCUT2D eigenvalue weighted by atomic mass is 32.2. The molecule has 0 aliphatic carbocycles. The van der Waals surface area contributed by atoms with Crippen molar-refractivity contribution in [2.45, 2.75) is 18.2 Å². The van der Waals surface area contributed by atoms with Crippen LogP contribution in [-0.4, -0.2) is 34.8 Å². The van der Waals surface area contributed by atoms with E-state index in [-0.39, 0.29) is 24.2 Å². The number of aromatic amines is 1. The third-order valence-electron chi connectivity index (χ3n) is 3.84. The van der Waals surface area contributed by atoms with Crippen LogP contribution in [0, 0.1) is 12.8 Å². The molecule has 1 atom stereocenters. The van der Waals surface area contributed by atoms with E-state index < -0.39 is 0 Å². The monoisotopic (exact) mass is 330 g/mol. The second kappa shape index (κ2) is 6.45. The predicted molar refractivity (Wildman–Crippen MR) is 90.6 cm³/mol. The summed E-state index contributed by atoms with van der Waals surface area (Å²) in [6.07, 6.45) is 2.23. The average Bonchev–Trinajstić information content (AvgIpc) is 3.13. The SMILES string of the molecule is CSc1ccc(N2CC(C(=O)Nc3cc(C)[nH]n3)CC2=O)cc1. The number of H-pyrrole nitrogens is 1. The number of carbonyl (C=O) groups is 2. The zero-order chi connectivity index (χ0) is 16.4. The molecular formula is C16H18N4O2S. The van der Waals surface area contributed by atoms with Gasteiger partial charge in [0.15, 0.2) is 5.82 Å². The molecular weight excluding hydrogens is 312 g/mol. The van der Waals surface area contributed by atoms with Gasteiger partial charge >= 0.3 is 0 Å². The number of rotatable bonds is 4. The van der Waals surface area contributed by atoms with Crippen molar-refractivity contribution in [2.24, 2.45) is 5.92 Å². The maximum Gasteiger partial charge on any atom is 0.231 e. The summed E-state index contributed by atoms with van der Waals surface area (Å²) in [6.45, 7) is 2.26. The number of anilines is 2. The van der Waals surface area contributed by atoms with Gasteiger partial charge in [0.25, 0.3) is 0 Å². The summed E-state index contributed by atoms with van der Waals surface area (Å²) < 4.78 is 0. The summed E-state index contributed by atoms with van der Waals surface area (Å²) in [6, 6.07) is 9.55. The minimum absolute atomic E-state index is 0.0275. The first kappa shape index (κ1) is 15.6. The van der Waals surface area contributed by atoms with Gasteiger partial charge < -0.3 is 10.2 Å². The number of nitrogens with zero attached hydrogens (tertiary/aromatic N) is 2. The molecule has 0 radical (unpaired) electrons. The number of nitrogens with one attached hydrogen (secondary N) is 2. The van der Waals surface area contributed by atoms with Gasteiger partial charge in [-0.1, -0.05) is 0 Å². The zero-order valence-electron chi connectivity index (χ0n) is 13.0. The second-order valence-corrected chi connectivity index (χ2v) is 6.41. The predicted octanol–water partition coefficient (Wildman–Crippen LogP) is 2.43. The van der Waals surface area contributed by atoms with Gasteiger partial charge in [-0.05, 0) is 37.4 Å². The van der Waals surface area contributed by atoms with Crippen molar-refractivity contribution in [2.75, 3.05) is 23.0 Å². The third kappa shape index (κ3) is 3.39. The lowest BCUT2D eigenvalue weighted by atomic mass is 10.1. The van der Waals surface area contributed by atoms with Crippen LogP contribution in [0.4, 0.5) is 11.5 Å². The molecule has 2 N–H and O–H groups in total. The molecule has 2 amide bonds. The van der Waals surface area contributed by atoms with Crippen molar-refractivity contribution in [3.05, 3.63) is 36.0 Å². The van der Waals surface area contributed by atoms with E-state index in [1.165, 1.54) is 0 Å². The molecule has 1 aromatic carbocycles. The van der Waals surface area contributed by atoms with E-state index in [0.29, 0.717) is 12.4 Å². The van der Waals surface area contributed by atoms with Gasteiger partial charge in [0.1, 0.15) is 0 Å². The van der Waals surface area contributed by atoms with Crippen LogP contribution in [0.15, 0.2) is 35.2 Å². The van der Waals surface area contributed by atoms with Gasteiger partial charge in [-0.2, -0.15) is 5.10 Å². The normalized spacial score (nSPS) is 17.6. The lowest BCUT2D eigenvalue weighted by Gasteiger charge is -2.16. The van der Waals surface area contributed by atoms with E-state index in [1.807, 2.05) is 37.4 Å². The molecule has 1 fully saturated rings. The minimum atomic E-state index is -0.361. The highest BCUT2D eigenvalue weighted by Gasteiger charge is 2.35. The van der Waals surface area contributed by atoms with Gasteiger partial charge in [-0.15, -0.1) is 11.8 Å². The van der Waals surface area contributed by atoms with Gasteiger partial charge in [0.05, 0.1) is 5.92 Å². The van der Waals surface area contributed by atoms with E-state index in [9.17, 15) is 9.59 Å². The fourth-order valence-corrected chi connectivity index (χ4v) is 3.01. The summed E-state index contributed by atoms with van der Waals surface area (Å²) in [7, 11) is 0. The van der Waals surface area contributed by atoms with Crippen LogP contribution in [-0.2, 0) is 9.59 Å². The number of amides is 2. The number of benzene rings is 1. The molecule has 0 bridgehead atoms. The molecule has 7 heteroatoms. The number of carbonyl (C=O) groups excluding carboxylic acids is 2. The molecule has 1 saturated heterocycles. The van der Waals surface area contributed by atoms with Crippen molar-refractivity contribution in [3.8, 4) is 0 Å². The van der Waals surface area contributed by atoms with Gasteiger partial charge in [0, 0.05) is 35.3 Å². The highest BCUT2D eigenvalue weighted by molar-refractivity contribution is 7.98. The largest absolute Gasteiger partial charge is 0.312 e. The molecule has 1 unspecified atom stereocenters.